The zero-order valence-electron chi connectivity index (χ0n) is 11.6. The molecule has 7 nitrogen and oxygen atoms in total. The second-order valence-electron chi connectivity index (χ2n) is 5.57. The van der Waals surface area contributed by atoms with E-state index in [9.17, 15) is 24.3 Å². The molecule has 0 aromatic carbocycles. The largest absolute Gasteiger partial charge is 0.480 e. The van der Waals surface area contributed by atoms with E-state index in [1.54, 1.807) is 13.8 Å². The van der Waals surface area contributed by atoms with E-state index >= 15 is 0 Å². The molecular weight excluding hydrogens is 284 g/mol. The van der Waals surface area contributed by atoms with Crippen LogP contribution in [0.2, 0.25) is 0 Å². The highest BCUT2D eigenvalue weighted by Gasteiger charge is 2.74. The van der Waals surface area contributed by atoms with Crippen molar-refractivity contribution in [2.75, 3.05) is 0 Å². The molecule has 110 valence electrons. The Morgan fingerprint density at radius 2 is 1.85 bits per heavy atom. The van der Waals surface area contributed by atoms with Gasteiger partial charge >= 0.3 is 5.97 Å². The first-order chi connectivity index (χ1) is 9.05. The maximum atomic E-state index is 12.4. The van der Waals surface area contributed by atoms with Crippen molar-refractivity contribution in [2.45, 2.75) is 49.4 Å². The maximum absolute atomic E-state index is 12.4. The molecule has 2 rings (SSSR count). The number of carboxylic acid groups (broad SMARTS) is 1. The molecule has 0 bridgehead atoms. The molecule has 0 unspecified atom stereocenters. The molecule has 2 saturated heterocycles. The Kier molecular flexibility index (Phi) is 3.12. The van der Waals surface area contributed by atoms with Gasteiger partial charge in [-0.25, -0.2) is 4.79 Å². The Hall–Kier alpha value is -1.57. The van der Waals surface area contributed by atoms with Crippen LogP contribution in [-0.4, -0.2) is 55.3 Å². The lowest BCUT2D eigenvalue weighted by Gasteiger charge is -2.51. The fraction of sp³-hybridized carbons (Fsp3) is 0.667. The number of amides is 2. The summed E-state index contributed by atoms with van der Waals surface area (Å²) in [5.74, 6) is -2.73. The van der Waals surface area contributed by atoms with E-state index in [0.717, 1.165) is 0 Å². The van der Waals surface area contributed by atoms with Crippen LogP contribution in [0.3, 0.4) is 0 Å². The van der Waals surface area contributed by atoms with Gasteiger partial charge in [-0.1, -0.05) is 0 Å². The van der Waals surface area contributed by atoms with Crippen molar-refractivity contribution in [3.8, 4) is 0 Å². The Morgan fingerprint density at radius 1 is 1.30 bits per heavy atom. The third-order valence-corrected chi connectivity index (χ3v) is 5.34. The molecule has 3 atom stereocenters. The van der Waals surface area contributed by atoms with Gasteiger partial charge in [-0.15, -0.1) is 11.8 Å². The quantitative estimate of drug-likeness (QED) is 0.543. The van der Waals surface area contributed by atoms with E-state index in [1.807, 2.05) is 0 Å². The van der Waals surface area contributed by atoms with Gasteiger partial charge in [0, 0.05) is 11.7 Å². The lowest BCUT2D eigenvalue weighted by Crippen LogP contribution is -2.82. The van der Waals surface area contributed by atoms with Gasteiger partial charge in [0.1, 0.15) is 11.4 Å². The van der Waals surface area contributed by atoms with Crippen molar-refractivity contribution < 1.29 is 24.3 Å². The predicted molar refractivity (Wildman–Crippen MR) is 71.0 cm³/mol. The highest BCUT2D eigenvalue weighted by Crippen LogP contribution is 2.55. The molecule has 0 spiro atoms. The number of thioether (sulfide) groups is 1. The van der Waals surface area contributed by atoms with E-state index in [-0.39, 0.29) is 0 Å². The van der Waals surface area contributed by atoms with Crippen LogP contribution in [0, 0.1) is 0 Å². The van der Waals surface area contributed by atoms with E-state index < -0.39 is 45.3 Å². The molecule has 0 radical (unpaired) electrons. The Labute approximate surface area is 120 Å². The zero-order chi connectivity index (χ0) is 15.5. The van der Waals surface area contributed by atoms with Crippen LogP contribution >= 0.6 is 11.8 Å². The minimum absolute atomic E-state index is 0.478. The van der Waals surface area contributed by atoms with Crippen molar-refractivity contribution in [1.29, 1.82) is 0 Å². The number of aliphatic carboxylic acids is 1. The number of rotatable bonds is 3. The summed E-state index contributed by atoms with van der Waals surface area (Å²) in [4.78, 5) is 48.1. The summed E-state index contributed by atoms with van der Waals surface area (Å²) < 4.78 is -0.734. The van der Waals surface area contributed by atoms with E-state index in [1.165, 1.54) is 30.5 Å². The van der Waals surface area contributed by atoms with Crippen LogP contribution in [0.1, 0.15) is 27.7 Å². The van der Waals surface area contributed by atoms with Gasteiger partial charge in [0.15, 0.2) is 5.78 Å². The van der Waals surface area contributed by atoms with E-state index in [4.69, 9.17) is 0 Å². The summed E-state index contributed by atoms with van der Waals surface area (Å²) >= 11 is 1.22. The molecule has 2 heterocycles. The number of Topliss-reactive ketones (excluding diaryl/α,β-unsaturated/α-hetero) is 1. The van der Waals surface area contributed by atoms with E-state index in [2.05, 4.69) is 5.32 Å². The van der Waals surface area contributed by atoms with Crippen molar-refractivity contribution in [3.05, 3.63) is 0 Å². The standard InChI is InChI=1S/C12H16N2O5S/c1-5(15)12(13-6(2)16)9(19)14-7(8(17)18)11(3,4)20-10(12)14/h7,10H,1-4H3,(H,13,16)(H,17,18)/t7-,10+,12-/m0/s1. The fourth-order valence-electron chi connectivity index (χ4n) is 2.86. The third kappa shape index (κ3) is 1.67. The average molecular weight is 300 g/mol. The average Bonchev–Trinajstić information content (AvgIpc) is 2.54. The van der Waals surface area contributed by atoms with Crippen LogP contribution in [-0.2, 0) is 19.2 Å². The normalized spacial score (nSPS) is 34.2. The Morgan fingerprint density at radius 3 is 2.25 bits per heavy atom. The number of β-lactam (4-membered cyclic amide) rings is 1. The number of fused-ring (bicyclic) bond motifs is 1. The summed E-state index contributed by atoms with van der Waals surface area (Å²) in [6, 6.07) is -1.01. The number of nitrogens with one attached hydrogen (secondary N) is 1. The van der Waals surface area contributed by atoms with Crippen molar-refractivity contribution in [2.24, 2.45) is 0 Å². The van der Waals surface area contributed by atoms with Gasteiger partial charge < -0.3 is 15.3 Å². The molecule has 2 aliphatic heterocycles. The molecule has 0 aromatic rings. The van der Waals surface area contributed by atoms with Crippen LogP contribution in [0.25, 0.3) is 0 Å². The minimum Gasteiger partial charge on any atom is -0.480 e. The maximum Gasteiger partial charge on any atom is 0.327 e. The number of carbonyl (C=O) groups excluding carboxylic acids is 3. The molecule has 8 heteroatoms. The monoisotopic (exact) mass is 300 g/mol. The highest BCUT2D eigenvalue weighted by atomic mass is 32.2. The molecule has 2 N–H and O–H groups in total. The van der Waals surface area contributed by atoms with Crippen molar-refractivity contribution >= 4 is 35.3 Å². The second kappa shape index (κ2) is 4.21. The molecule has 20 heavy (non-hydrogen) atoms. The molecule has 2 amide bonds. The number of carbonyl (C=O) groups is 4. The predicted octanol–water partition coefficient (Wildman–Crippen LogP) is -0.403. The second-order valence-corrected chi connectivity index (χ2v) is 7.31. The fourth-order valence-corrected chi connectivity index (χ4v) is 4.62. The first kappa shape index (κ1) is 14.8. The van der Waals surface area contributed by atoms with Crippen LogP contribution < -0.4 is 5.32 Å². The number of nitrogens with zero attached hydrogens (tertiary/aromatic N) is 1. The molecule has 2 aliphatic rings. The first-order valence-corrected chi connectivity index (χ1v) is 6.97. The molecule has 2 fully saturated rings. The first-order valence-electron chi connectivity index (χ1n) is 6.09. The third-order valence-electron chi connectivity index (χ3n) is 3.71. The minimum atomic E-state index is -1.63. The summed E-state index contributed by atoms with van der Waals surface area (Å²) in [6.07, 6.45) is 0. The van der Waals surface area contributed by atoms with Crippen molar-refractivity contribution in [1.82, 2.24) is 10.2 Å². The molecular formula is C12H16N2O5S. The van der Waals surface area contributed by atoms with Crippen LogP contribution in [0.4, 0.5) is 0 Å². The lowest BCUT2D eigenvalue weighted by molar-refractivity contribution is -0.171. The Balaban J connectivity index is 2.45. The van der Waals surface area contributed by atoms with Gasteiger partial charge in [-0.05, 0) is 20.8 Å². The van der Waals surface area contributed by atoms with E-state index in [0.29, 0.717) is 0 Å². The van der Waals surface area contributed by atoms with Crippen LogP contribution in [0.5, 0.6) is 0 Å². The smallest absolute Gasteiger partial charge is 0.327 e. The van der Waals surface area contributed by atoms with Gasteiger partial charge in [0.2, 0.25) is 11.4 Å². The Bertz CT molecular complexity index is 532. The zero-order valence-corrected chi connectivity index (χ0v) is 12.4. The lowest BCUT2D eigenvalue weighted by atomic mass is 9.81. The number of hydrogen-bond donors (Lipinski definition) is 2. The number of hydrogen-bond acceptors (Lipinski definition) is 5. The van der Waals surface area contributed by atoms with Gasteiger partial charge in [-0.3, -0.25) is 14.4 Å². The van der Waals surface area contributed by atoms with Crippen molar-refractivity contribution in [3.63, 3.8) is 0 Å². The molecule has 0 aliphatic carbocycles. The summed E-state index contributed by atoms with van der Waals surface area (Å²) in [6.45, 7) is 5.87. The summed E-state index contributed by atoms with van der Waals surface area (Å²) in [7, 11) is 0. The van der Waals surface area contributed by atoms with Crippen LogP contribution in [0.15, 0.2) is 0 Å². The highest BCUT2D eigenvalue weighted by molar-refractivity contribution is 8.01. The molecule has 0 saturated carbocycles. The van der Waals surface area contributed by atoms with Gasteiger partial charge in [0.25, 0.3) is 5.91 Å². The SMILES string of the molecule is CC(=O)N[C@@]1(C(C)=O)C(=O)N2[C@@H](C(=O)O)C(C)(C)S[C@@H]21. The summed E-state index contributed by atoms with van der Waals surface area (Å²) in [5, 5.41) is 11.0. The van der Waals surface area contributed by atoms with Gasteiger partial charge in [-0.2, -0.15) is 0 Å². The topological polar surface area (TPSA) is 104 Å². The molecule has 0 aromatic heterocycles. The van der Waals surface area contributed by atoms with Gasteiger partial charge in [0.05, 0.1) is 0 Å². The number of carboxylic acids is 1. The number of ketones is 1. The summed E-state index contributed by atoms with van der Waals surface area (Å²) in [5.41, 5.74) is -1.63.